The lowest BCUT2D eigenvalue weighted by Gasteiger charge is -2.30. The molecule has 26 heavy (non-hydrogen) atoms. The number of nitrogens with zero attached hydrogens (tertiary/aromatic N) is 2. The number of allylic oxidation sites excluding steroid dienone is 3. The molecule has 134 valence electrons. The molecule has 3 heterocycles. The van der Waals surface area contributed by atoms with Gasteiger partial charge in [0.05, 0.1) is 30.6 Å². The summed E-state index contributed by atoms with van der Waals surface area (Å²) in [4.78, 5) is 7.40. The van der Waals surface area contributed by atoms with Crippen molar-refractivity contribution in [2.45, 2.75) is 46.6 Å². The zero-order valence-corrected chi connectivity index (χ0v) is 16.1. The molecule has 0 bridgehead atoms. The maximum atomic E-state index is 5.44. The third-order valence-corrected chi connectivity index (χ3v) is 5.72. The van der Waals surface area contributed by atoms with Crippen molar-refractivity contribution in [1.29, 1.82) is 0 Å². The number of pyridine rings is 1. The lowest BCUT2D eigenvalue weighted by atomic mass is 9.95. The fourth-order valence-electron chi connectivity index (χ4n) is 4.37. The number of aryl methyl sites for hydroxylation is 1. The van der Waals surface area contributed by atoms with Crippen LogP contribution >= 0.6 is 0 Å². The van der Waals surface area contributed by atoms with Crippen LogP contribution < -0.4 is 4.74 Å². The van der Waals surface area contributed by atoms with Crippen molar-refractivity contribution in [3.63, 3.8) is 0 Å². The highest BCUT2D eigenvalue weighted by Gasteiger charge is 2.33. The van der Waals surface area contributed by atoms with Crippen LogP contribution in [0.1, 0.15) is 50.4 Å². The molecule has 2 aliphatic heterocycles. The average Bonchev–Trinajstić information content (AvgIpc) is 3.03. The summed E-state index contributed by atoms with van der Waals surface area (Å²) in [6, 6.07) is 6.19. The molecule has 1 aromatic heterocycles. The lowest BCUT2D eigenvalue weighted by molar-refractivity contribution is 0.415. The topological polar surface area (TPSA) is 25.4 Å². The quantitative estimate of drug-likeness (QED) is 0.720. The number of benzene rings is 1. The van der Waals surface area contributed by atoms with Crippen molar-refractivity contribution < 1.29 is 4.74 Å². The molecule has 4 rings (SSSR count). The van der Waals surface area contributed by atoms with Crippen LogP contribution in [0.4, 0.5) is 0 Å². The first-order valence-corrected chi connectivity index (χ1v) is 9.53. The minimum Gasteiger partial charge on any atom is -0.497 e. The van der Waals surface area contributed by atoms with Crippen molar-refractivity contribution in [1.82, 2.24) is 9.88 Å². The molecule has 0 saturated heterocycles. The molecule has 1 aromatic carbocycles. The molecule has 0 unspecified atom stereocenters. The maximum absolute atomic E-state index is 5.44. The third-order valence-electron chi connectivity index (χ3n) is 5.72. The van der Waals surface area contributed by atoms with Crippen molar-refractivity contribution >= 4 is 16.6 Å². The summed E-state index contributed by atoms with van der Waals surface area (Å²) < 4.78 is 5.44. The standard InChI is InChI=1S/C23H26N2O/c1-6-15-11-22-23-20(13-25(22)14(4)17(15)7-2)18(8-3)19-12-16(26-5)9-10-21(19)24-23/h9-12H,4,6-8,13H2,1-3,5H3. The van der Waals surface area contributed by atoms with Crippen LogP contribution in [0, 0.1) is 0 Å². The van der Waals surface area contributed by atoms with Crippen molar-refractivity contribution in [2.24, 2.45) is 0 Å². The Morgan fingerprint density at radius 1 is 1.15 bits per heavy atom. The van der Waals surface area contributed by atoms with Gasteiger partial charge >= 0.3 is 0 Å². The van der Waals surface area contributed by atoms with E-state index in [0.717, 1.165) is 48.5 Å². The zero-order valence-electron chi connectivity index (χ0n) is 16.1. The van der Waals surface area contributed by atoms with Crippen LogP contribution in [-0.4, -0.2) is 17.0 Å². The predicted octanol–water partition coefficient (Wildman–Crippen LogP) is 5.61. The van der Waals surface area contributed by atoms with Crippen molar-refractivity contribution in [2.75, 3.05) is 7.11 Å². The first-order chi connectivity index (χ1) is 12.6. The molecule has 0 fully saturated rings. The van der Waals surface area contributed by atoms with Gasteiger partial charge < -0.3 is 9.64 Å². The predicted molar refractivity (Wildman–Crippen MR) is 108 cm³/mol. The molecule has 3 heteroatoms. The number of fused-ring (bicyclic) bond motifs is 4. The number of methoxy groups -OCH3 is 1. The molecular formula is C23H26N2O. The van der Waals surface area contributed by atoms with Gasteiger partial charge in [0, 0.05) is 16.6 Å². The molecule has 2 aromatic rings. The van der Waals surface area contributed by atoms with E-state index in [-0.39, 0.29) is 0 Å². The fourth-order valence-corrected chi connectivity index (χ4v) is 4.37. The normalized spacial score (nSPS) is 16.1. The van der Waals surface area contributed by atoms with Crippen LogP contribution in [0.2, 0.25) is 0 Å². The average molecular weight is 346 g/mol. The second-order valence-electron chi connectivity index (χ2n) is 6.93. The number of aromatic nitrogens is 1. The Morgan fingerprint density at radius 2 is 1.96 bits per heavy atom. The molecule has 2 aliphatic rings. The van der Waals surface area contributed by atoms with Gasteiger partial charge in [0.15, 0.2) is 0 Å². The molecule has 0 spiro atoms. The van der Waals surface area contributed by atoms with Crippen LogP contribution in [0.15, 0.2) is 47.7 Å². The Morgan fingerprint density at radius 3 is 2.62 bits per heavy atom. The second kappa shape index (κ2) is 6.31. The smallest absolute Gasteiger partial charge is 0.119 e. The number of hydrogen-bond acceptors (Lipinski definition) is 3. The van der Waals surface area contributed by atoms with E-state index >= 15 is 0 Å². The largest absolute Gasteiger partial charge is 0.497 e. The highest BCUT2D eigenvalue weighted by Crippen LogP contribution is 2.45. The summed E-state index contributed by atoms with van der Waals surface area (Å²) in [5.74, 6) is 0.886. The second-order valence-corrected chi connectivity index (χ2v) is 6.93. The van der Waals surface area contributed by atoms with E-state index in [0.29, 0.717) is 0 Å². The minimum atomic E-state index is 0.865. The number of rotatable bonds is 4. The Labute approximate surface area is 155 Å². The highest BCUT2D eigenvalue weighted by molar-refractivity contribution is 5.89. The van der Waals surface area contributed by atoms with Crippen molar-refractivity contribution in [3.8, 4) is 5.75 Å². The van der Waals surface area contributed by atoms with Crippen LogP contribution in [0.3, 0.4) is 0 Å². The lowest BCUT2D eigenvalue weighted by Crippen LogP contribution is -2.20. The van der Waals surface area contributed by atoms with E-state index in [4.69, 9.17) is 9.72 Å². The van der Waals surface area contributed by atoms with Crippen LogP contribution in [-0.2, 0) is 13.0 Å². The number of hydrogen-bond donors (Lipinski definition) is 0. The molecule has 0 radical (unpaired) electrons. The minimum absolute atomic E-state index is 0.865. The van der Waals surface area contributed by atoms with Gasteiger partial charge in [-0.1, -0.05) is 27.4 Å². The molecule has 0 N–H and O–H groups in total. The van der Waals surface area contributed by atoms with E-state index in [1.54, 1.807) is 7.11 Å². The van der Waals surface area contributed by atoms with Gasteiger partial charge in [-0.15, -0.1) is 0 Å². The van der Waals surface area contributed by atoms with E-state index in [1.807, 2.05) is 6.07 Å². The van der Waals surface area contributed by atoms with Crippen LogP contribution in [0.5, 0.6) is 5.75 Å². The molecule has 0 aliphatic carbocycles. The molecular weight excluding hydrogens is 320 g/mol. The Hall–Kier alpha value is -2.55. The van der Waals surface area contributed by atoms with Gasteiger partial charge in [-0.25, -0.2) is 4.98 Å². The van der Waals surface area contributed by atoms with Crippen LogP contribution in [0.25, 0.3) is 16.6 Å². The van der Waals surface area contributed by atoms with E-state index in [2.05, 4.69) is 50.5 Å². The van der Waals surface area contributed by atoms with Gasteiger partial charge in [-0.3, -0.25) is 0 Å². The summed E-state index contributed by atoms with van der Waals surface area (Å²) in [5, 5.41) is 1.20. The van der Waals surface area contributed by atoms with Gasteiger partial charge in [0.25, 0.3) is 0 Å². The van der Waals surface area contributed by atoms with E-state index in [1.165, 1.54) is 33.4 Å². The number of ether oxygens (including phenoxy) is 1. The highest BCUT2D eigenvalue weighted by atomic mass is 16.5. The molecule has 0 atom stereocenters. The SMILES string of the molecule is C=C1C(CC)=C(CC)C=C2c3nc4ccc(OC)cc4c(CC)c3CN12. The Kier molecular flexibility index (Phi) is 4.10. The Bertz CT molecular complexity index is 981. The van der Waals surface area contributed by atoms with Gasteiger partial charge in [0.2, 0.25) is 0 Å². The fraction of sp³-hybridized carbons (Fsp3) is 0.348. The van der Waals surface area contributed by atoms with Crippen molar-refractivity contribution in [3.05, 3.63) is 64.5 Å². The van der Waals surface area contributed by atoms with Gasteiger partial charge in [-0.05, 0) is 60.2 Å². The zero-order chi connectivity index (χ0) is 18.4. The summed E-state index contributed by atoms with van der Waals surface area (Å²) in [5.41, 5.74) is 10.0. The first-order valence-electron chi connectivity index (χ1n) is 9.53. The molecule has 0 saturated carbocycles. The van der Waals surface area contributed by atoms with E-state index < -0.39 is 0 Å². The molecule has 0 amide bonds. The molecule has 3 nitrogen and oxygen atoms in total. The summed E-state index contributed by atoms with van der Waals surface area (Å²) in [6.45, 7) is 11.9. The summed E-state index contributed by atoms with van der Waals surface area (Å²) in [6.07, 6.45) is 5.37. The van der Waals surface area contributed by atoms with E-state index in [9.17, 15) is 0 Å². The third kappa shape index (κ3) is 2.30. The Balaban J connectivity index is 1.97. The first kappa shape index (κ1) is 16.9. The van der Waals surface area contributed by atoms with Gasteiger partial charge in [0.1, 0.15) is 5.75 Å². The van der Waals surface area contributed by atoms with Gasteiger partial charge in [-0.2, -0.15) is 0 Å². The summed E-state index contributed by atoms with van der Waals surface area (Å²) in [7, 11) is 1.72. The monoisotopic (exact) mass is 346 g/mol. The maximum Gasteiger partial charge on any atom is 0.119 e. The summed E-state index contributed by atoms with van der Waals surface area (Å²) >= 11 is 0.